The second-order valence-electron chi connectivity index (χ2n) is 9.20. The third-order valence-electron chi connectivity index (χ3n) is 8.58. The third kappa shape index (κ3) is 2.21. The van der Waals surface area contributed by atoms with Crippen molar-refractivity contribution in [2.75, 3.05) is 0 Å². The summed E-state index contributed by atoms with van der Waals surface area (Å²) in [5.74, 6) is 3.64. The molecule has 3 heteroatoms. The van der Waals surface area contributed by atoms with Crippen molar-refractivity contribution in [3.63, 3.8) is 0 Å². The van der Waals surface area contributed by atoms with Crippen LogP contribution in [0, 0.1) is 34.5 Å². The summed E-state index contributed by atoms with van der Waals surface area (Å²) in [6, 6.07) is 0. The van der Waals surface area contributed by atoms with Gasteiger partial charge in [-0.1, -0.05) is 26.7 Å². The van der Waals surface area contributed by atoms with Crippen molar-refractivity contribution in [2.45, 2.75) is 78.1 Å². The summed E-state index contributed by atoms with van der Waals surface area (Å²) >= 11 is 0. The number of rotatable bonds is 2. The van der Waals surface area contributed by atoms with E-state index in [4.69, 9.17) is 0 Å². The van der Waals surface area contributed by atoms with Crippen LogP contribution in [-0.2, 0) is 4.79 Å². The van der Waals surface area contributed by atoms with E-state index in [0.29, 0.717) is 11.8 Å². The van der Waals surface area contributed by atoms with E-state index in [0.717, 1.165) is 30.1 Å². The van der Waals surface area contributed by atoms with Gasteiger partial charge in [0, 0.05) is 11.1 Å². The largest absolute Gasteiger partial charge is 0.277 e. The Kier molecular flexibility index (Phi) is 3.81. The molecule has 0 spiro atoms. The number of hydrogen-bond acceptors (Lipinski definition) is 2. The number of nitrogens with zero attached hydrogens (tertiary/aromatic N) is 1. The zero-order chi connectivity index (χ0) is 16.1. The molecule has 0 radical (unpaired) electrons. The van der Waals surface area contributed by atoms with Gasteiger partial charge in [0.2, 0.25) is 6.41 Å². The first-order chi connectivity index (χ1) is 11.1. The van der Waals surface area contributed by atoms with Crippen LogP contribution in [0.1, 0.15) is 78.1 Å². The fourth-order valence-electron chi connectivity index (χ4n) is 7.37. The molecule has 0 aromatic heterocycles. The highest BCUT2D eigenvalue weighted by molar-refractivity contribution is 5.92. The topological polar surface area (TPSA) is 41.5 Å². The molecule has 0 aromatic rings. The molecule has 128 valence electrons. The van der Waals surface area contributed by atoms with Gasteiger partial charge in [-0.2, -0.15) is 5.10 Å². The molecule has 0 aromatic carbocycles. The van der Waals surface area contributed by atoms with Gasteiger partial charge in [-0.15, -0.1) is 0 Å². The molecule has 0 bridgehead atoms. The smallest absolute Gasteiger partial charge is 0.227 e. The number of amides is 1. The van der Waals surface area contributed by atoms with Crippen LogP contribution in [-0.4, -0.2) is 12.1 Å². The zero-order valence-electron chi connectivity index (χ0n) is 14.8. The van der Waals surface area contributed by atoms with Crippen LogP contribution < -0.4 is 5.43 Å². The zero-order valence-corrected chi connectivity index (χ0v) is 14.8. The molecule has 0 aliphatic heterocycles. The molecular formula is C20H32N2O. The molecule has 0 saturated heterocycles. The van der Waals surface area contributed by atoms with Crippen LogP contribution >= 0.6 is 0 Å². The quantitative estimate of drug-likeness (QED) is 0.590. The molecule has 3 nitrogen and oxygen atoms in total. The van der Waals surface area contributed by atoms with Crippen LogP contribution in [0.15, 0.2) is 5.10 Å². The van der Waals surface area contributed by atoms with E-state index in [9.17, 15) is 4.79 Å². The first-order valence-corrected chi connectivity index (χ1v) is 9.86. The summed E-state index contributed by atoms with van der Waals surface area (Å²) in [6.07, 6.45) is 14.5. The molecule has 0 heterocycles. The van der Waals surface area contributed by atoms with E-state index in [1.807, 2.05) is 0 Å². The van der Waals surface area contributed by atoms with E-state index < -0.39 is 0 Å². The fourth-order valence-corrected chi connectivity index (χ4v) is 7.37. The number of nitrogens with one attached hydrogen (secondary N) is 1. The van der Waals surface area contributed by atoms with Gasteiger partial charge in [-0.25, -0.2) is 5.43 Å². The minimum Gasteiger partial charge on any atom is -0.277 e. The van der Waals surface area contributed by atoms with Crippen molar-refractivity contribution in [3.8, 4) is 0 Å². The predicted molar refractivity (Wildman–Crippen MR) is 93.0 cm³/mol. The molecule has 6 atom stereocenters. The van der Waals surface area contributed by atoms with Gasteiger partial charge < -0.3 is 0 Å². The van der Waals surface area contributed by atoms with Gasteiger partial charge in [0.05, 0.1) is 0 Å². The first-order valence-electron chi connectivity index (χ1n) is 9.86. The monoisotopic (exact) mass is 316 g/mol. The molecule has 1 N–H and O–H groups in total. The summed E-state index contributed by atoms with van der Waals surface area (Å²) in [4.78, 5) is 10.6. The van der Waals surface area contributed by atoms with Gasteiger partial charge in [0.25, 0.3) is 0 Å². The molecule has 4 fully saturated rings. The van der Waals surface area contributed by atoms with Crippen molar-refractivity contribution in [3.05, 3.63) is 0 Å². The Balaban J connectivity index is 1.61. The Morgan fingerprint density at radius 3 is 2.74 bits per heavy atom. The van der Waals surface area contributed by atoms with Crippen molar-refractivity contribution >= 4 is 12.1 Å². The average Bonchev–Trinajstić information content (AvgIpc) is 2.89. The molecule has 0 unspecified atom stereocenters. The van der Waals surface area contributed by atoms with E-state index in [-0.39, 0.29) is 5.41 Å². The van der Waals surface area contributed by atoms with E-state index in [1.54, 1.807) is 0 Å². The van der Waals surface area contributed by atoms with Gasteiger partial charge in [-0.05, 0) is 80.5 Å². The summed E-state index contributed by atoms with van der Waals surface area (Å²) in [6.45, 7) is 5.07. The van der Waals surface area contributed by atoms with Crippen molar-refractivity contribution in [1.29, 1.82) is 0 Å². The summed E-state index contributed by atoms with van der Waals surface area (Å²) in [5, 5.41) is 4.43. The molecule has 1 amide bonds. The van der Waals surface area contributed by atoms with Gasteiger partial charge >= 0.3 is 0 Å². The van der Waals surface area contributed by atoms with Gasteiger partial charge in [0.1, 0.15) is 0 Å². The minimum absolute atomic E-state index is 0.245. The summed E-state index contributed by atoms with van der Waals surface area (Å²) < 4.78 is 0. The Morgan fingerprint density at radius 2 is 1.91 bits per heavy atom. The second kappa shape index (κ2) is 5.60. The molecule has 4 saturated carbocycles. The SMILES string of the molecule is C[C@]12CCCC[C@@H]1CC[C@@H]1[C@H]2CC[C@]2(C)/C(=N\NC=O)CC[C@H]12. The number of carbonyl (C=O) groups excluding carboxylic acids is 1. The Labute approximate surface area is 140 Å². The normalized spacial score (nSPS) is 50.8. The highest BCUT2D eigenvalue weighted by atomic mass is 16.1. The van der Waals surface area contributed by atoms with Crippen LogP contribution in [0.3, 0.4) is 0 Å². The van der Waals surface area contributed by atoms with Crippen molar-refractivity contribution < 1.29 is 4.79 Å². The van der Waals surface area contributed by atoms with Crippen LogP contribution in [0.2, 0.25) is 0 Å². The van der Waals surface area contributed by atoms with Gasteiger partial charge in [-0.3, -0.25) is 4.79 Å². The fraction of sp³-hybridized carbons (Fsp3) is 0.900. The van der Waals surface area contributed by atoms with Crippen LogP contribution in [0.4, 0.5) is 0 Å². The number of hydrazone groups is 1. The lowest BCUT2D eigenvalue weighted by molar-refractivity contribution is -0.109. The number of fused-ring (bicyclic) bond motifs is 5. The van der Waals surface area contributed by atoms with Crippen molar-refractivity contribution in [1.82, 2.24) is 5.43 Å². The van der Waals surface area contributed by atoms with E-state index >= 15 is 0 Å². The lowest BCUT2D eigenvalue weighted by Crippen LogP contribution is -2.52. The Hall–Kier alpha value is -0.860. The minimum atomic E-state index is 0.245. The number of carbonyl (C=O) groups is 1. The molecule has 23 heavy (non-hydrogen) atoms. The number of hydrogen-bond donors (Lipinski definition) is 1. The highest BCUT2D eigenvalue weighted by Crippen LogP contribution is 2.65. The molecule has 4 aliphatic rings. The van der Waals surface area contributed by atoms with Gasteiger partial charge in [0.15, 0.2) is 0 Å². The maximum Gasteiger partial charge on any atom is 0.227 e. The standard InChI is InChI=1S/C20H32N2O/c1-19-11-4-3-5-14(19)6-7-15-16-8-9-18(22-21-13-23)20(16,2)12-10-17(15)19/h13-17H,3-12H2,1-2H3,(H,21,23)/b22-18-/t14-,15+,16-,17-,19+,20+/m1/s1. The van der Waals surface area contributed by atoms with Crippen LogP contribution in [0.25, 0.3) is 0 Å². The maximum absolute atomic E-state index is 10.6. The first kappa shape index (κ1) is 15.7. The predicted octanol–water partition coefficient (Wildman–Crippen LogP) is 4.52. The lowest BCUT2D eigenvalue weighted by Gasteiger charge is -2.59. The average molecular weight is 316 g/mol. The Bertz CT molecular complexity index is 516. The molecular weight excluding hydrogens is 284 g/mol. The summed E-state index contributed by atoms with van der Waals surface area (Å²) in [7, 11) is 0. The van der Waals surface area contributed by atoms with Crippen molar-refractivity contribution in [2.24, 2.45) is 39.6 Å². The highest BCUT2D eigenvalue weighted by Gasteiger charge is 2.58. The van der Waals surface area contributed by atoms with Crippen LogP contribution in [0.5, 0.6) is 0 Å². The maximum atomic E-state index is 10.6. The second-order valence-corrected chi connectivity index (χ2v) is 9.20. The molecule has 4 aliphatic carbocycles. The summed E-state index contributed by atoms with van der Waals surface area (Å²) in [5.41, 5.74) is 4.71. The third-order valence-corrected chi connectivity index (χ3v) is 8.58. The lowest BCUT2D eigenvalue weighted by atomic mass is 9.45. The van der Waals surface area contributed by atoms with E-state index in [1.165, 1.54) is 63.5 Å². The molecule has 4 rings (SSSR count). The van der Waals surface area contributed by atoms with E-state index in [2.05, 4.69) is 24.4 Å². The Morgan fingerprint density at radius 1 is 1.04 bits per heavy atom.